The second-order valence-corrected chi connectivity index (χ2v) is 9.15. The highest BCUT2D eigenvalue weighted by atomic mass is 35.5. The van der Waals surface area contributed by atoms with Crippen molar-refractivity contribution in [1.29, 1.82) is 0 Å². The summed E-state index contributed by atoms with van der Waals surface area (Å²) in [6.45, 7) is 3.65. The van der Waals surface area contributed by atoms with Gasteiger partial charge in [-0.25, -0.2) is 10.0 Å². The molecule has 3 aromatic rings. The monoisotopic (exact) mass is 460 g/mol. The van der Waals surface area contributed by atoms with E-state index >= 15 is 0 Å². The number of carbonyl (C=O) groups excluding carboxylic acids is 1. The van der Waals surface area contributed by atoms with Crippen LogP contribution in [-0.4, -0.2) is 16.5 Å². The maximum Gasteiger partial charge on any atom is 0.234 e. The van der Waals surface area contributed by atoms with E-state index in [0.717, 1.165) is 34.6 Å². The van der Waals surface area contributed by atoms with Crippen molar-refractivity contribution in [3.8, 4) is 0 Å². The Labute approximate surface area is 196 Å². The van der Waals surface area contributed by atoms with Gasteiger partial charge < -0.3 is 0 Å². The van der Waals surface area contributed by atoms with Crippen molar-refractivity contribution in [2.75, 3.05) is 10.0 Å². The number of hydrogen-bond donors (Lipinski definition) is 0. The lowest BCUT2D eigenvalue weighted by Crippen LogP contribution is -2.53. The van der Waals surface area contributed by atoms with Gasteiger partial charge in [-0.05, 0) is 48.5 Å². The molecule has 0 unspecified atom stereocenters. The molecule has 0 radical (unpaired) electrons. The molecule has 0 N–H and O–H groups in total. The average molecular weight is 461 g/mol. The van der Waals surface area contributed by atoms with Crippen LogP contribution >= 0.6 is 23.4 Å². The van der Waals surface area contributed by atoms with Gasteiger partial charge in [-0.15, -0.1) is 0 Å². The zero-order chi connectivity index (χ0) is 22.3. The number of rotatable bonds is 4. The first-order valence-corrected chi connectivity index (χ1v) is 11.6. The summed E-state index contributed by atoms with van der Waals surface area (Å²) < 4.78 is 0. The van der Waals surface area contributed by atoms with Gasteiger partial charge in [0.1, 0.15) is 0 Å². The fourth-order valence-corrected chi connectivity index (χ4v) is 5.55. The number of para-hydroxylation sites is 1. The molecule has 0 aromatic heterocycles. The molecule has 0 saturated carbocycles. The van der Waals surface area contributed by atoms with E-state index < -0.39 is 4.99 Å². The standard InChI is InChI=1S/C25H21ClN4OS/c1-3-23-21-14-7-8-15-22(21)25(29(27-23)19-11-5-4-6-12-19)30(28-24(32-25)17(2)31)20-13-9-10-18(26)16-20/h4-16H,3H2,1-2H3/t25-/m0/s1. The molecule has 2 aliphatic heterocycles. The first-order chi connectivity index (χ1) is 15.5. The minimum Gasteiger partial charge on any atom is -0.292 e. The number of halogens is 1. The van der Waals surface area contributed by atoms with Gasteiger partial charge in [-0.1, -0.05) is 67.1 Å². The summed E-state index contributed by atoms with van der Waals surface area (Å²) in [6, 6.07) is 25.7. The fraction of sp³-hybridized carbons (Fsp3) is 0.160. The molecule has 5 rings (SSSR count). The number of carbonyl (C=O) groups is 1. The highest BCUT2D eigenvalue weighted by Crippen LogP contribution is 2.54. The first kappa shape index (κ1) is 20.8. The number of Topliss-reactive ketones (excluding diaryl/α,β-unsaturated/α-hetero) is 1. The van der Waals surface area contributed by atoms with E-state index in [1.807, 2.05) is 76.7 Å². The third-order valence-electron chi connectivity index (χ3n) is 5.50. The van der Waals surface area contributed by atoms with E-state index in [1.165, 1.54) is 11.8 Å². The summed E-state index contributed by atoms with van der Waals surface area (Å²) in [5.74, 6) is -0.0883. The maximum absolute atomic E-state index is 12.5. The molecule has 2 heterocycles. The molecule has 32 heavy (non-hydrogen) atoms. The van der Waals surface area contributed by atoms with Crippen LogP contribution in [0.3, 0.4) is 0 Å². The second kappa shape index (κ2) is 8.11. The normalized spacial score (nSPS) is 19.6. The maximum atomic E-state index is 12.5. The number of thioether (sulfide) groups is 1. The SMILES string of the molecule is CCC1=NN(c2ccccc2)[C@@]2(SC(C(C)=O)=NN2c2cccc(Cl)c2)c2ccccc21. The average Bonchev–Trinajstić information content (AvgIpc) is 3.22. The predicted molar refractivity (Wildman–Crippen MR) is 134 cm³/mol. The van der Waals surface area contributed by atoms with Crippen LogP contribution in [0.5, 0.6) is 0 Å². The van der Waals surface area contributed by atoms with E-state index in [0.29, 0.717) is 10.1 Å². The van der Waals surface area contributed by atoms with Crippen LogP contribution in [0, 0.1) is 0 Å². The third-order valence-corrected chi connectivity index (χ3v) is 7.15. The van der Waals surface area contributed by atoms with Crippen molar-refractivity contribution >= 4 is 51.3 Å². The van der Waals surface area contributed by atoms with Gasteiger partial charge in [0.05, 0.1) is 17.1 Å². The Hall–Kier alpha value is -3.09. The van der Waals surface area contributed by atoms with Crippen molar-refractivity contribution in [3.63, 3.8) is 0 Å². The molecule has 0 amide bonds. The van der Waals surface area contributed by atoms with E-state index in [-0.39, 0.29) is 5.78 Å². The minimum absolute atomic E-state index is 0.0883. The predicted octanol–water partition coefficient (Wildman–Crippen LogP) is 6.24. The van der Waals surface area contributed by atoms with Gasteiger partial charge in [-0.3, -0.25) is 4.79 Å². The molecule has 0 bridgehead atoms. The second-order valence-electron chi connectivity index (χ2n) is 7.56. The van der Waals surface area contributed by atoms with Crippen molar-refractivity contribution < 1.29 is 4.79 Å². The number of hydrogen-bond acceptors (Lipinski definition) is 6. The van der Waals surface area contributed by atoms with Gasteiger partial charge in [0.25, 0.3) is 0 Å². The van der Waals surface area contributed by atoms with Crippen molar-refractivity contribution in [1.82, 2.24) is 0 Å². The van der Waals surface area contributed by atoms with Crippen LogP contribution in [0.25, 0.3) is 0 Å². The van der Waals surface area contributed by atoms with Crippen LogP contribution in [0.1, 0.15) is 31.4 Å². The first-order valence-electron chi connectivity index (χ1n) is 10.4. The molecule has 160 valence electrons. The smallest absolute Gasteiger partial charge is 0.234 e. The molecule has 0 saturated heterocycles. The lowest BCUT2D eigenvalue weighted by atomic mass is 9.96. The van der Waals surface area contributed by atoms with Crippen molar-refractivity contribution in [2.24, 2.45) is 10.2 Å². The van der Waals surface area contributed by atoms with Crippen LogP contribution in [0.15, 0.2) is 89.1 Å². The molecule has 7 heteroatoms. The number of fused-ring (bicyclic) bond motifs is 2. The van der Waals surface area contributed by atoms with Crippen molar-refractivity contribution in [2.45, 2.75) is 25.3 Å². The largest absolute Gasteiger partial charge is 0.292 e. The minimum atomic E-state index is -0.914. The van der Waals surface area contributed by atoms with Crippen LogP contribution in [-0.2, 0) is 9.79 Å². The zero-order valence-corrected chi connectivity index (χ0v) is 19.3. The van der Waals surface area contributed by atoms with E-state index in [2.05, 4.69) is 19.1 Å². The Morgan fingerprint density at radius 2 is 1.62 bits per heavy atom. The molecule has 0 fully saturated rings. The Morgan fingerprint density at radius 1 is 0.938 bits per heavy atom. The molecule has 2 aliphatic rings. The van der Waals surface area contributed by atoms with Gasteiger partial charge in [-0.2, -0.15) is 10.2 Å². The lowest BCUT2D eigenvalue weighted by Gasteiger charge is -2.47. The van der Waals surface area contributed by atoms with Crippen LogP contribution in [0.4, 0.5) is 11.4 Å². The lowest BCUT2D eigenvalue weighted by molar-refractivity contribution is -0.110. The summed E-state index contributed by atoms with van der Waals surface area (Å²) >= 11 is 7.77. The van der Waals surface area contributed by atoms with Crippen LogP contribution in [0.2, 0.25) is 5.02 Å². The summed E-state index contributed by atoms with van der Waals surface area (Å²) in [5, 5.41) is 14.8. The summed E-state index contributed by atoms with van der Waals surface area (Å²) in [4.78, 5) is 11.6. The van der Waals surface area contributed by atoms with Gasteiger partial charge in [0.2, 0.25) is 4.99 Å². The Kier molecular flexibility index (Phi) is 5.27. The number of benzene rings is 3. The highest BCUT2D eigenvalue weighted by molar-refractivity contribution is 8.17. The van der Waals surface area contributed by atoms with Gasteiger partial charge in [0.15, 0.2) is 10.8 Å². The number of hydrazone groups is 2. The number of ketones is 1. The number of anilines is 2. The molecule has 1 atom stereocenters. The fourth-order valence-electron chi connectivity index (χ4n) is 4.08. The van der Waals surface area contributed by atoms with E-state index in [4.69, 9.17) is 21.8 Å². The molecular formula is C25H21ClN4OS. The highest BCUT2D eigenvalue weighted by Gasteiger charge is 2.55. The summed E-state index contributed by atoms with van der Waals surface area (Å²) in [5.41, 5.74) is 4.76. The topological polar surface area (TPSA) is 48.3 Å². The van der Waals surface area contributed by atoms with E-state index in [9.17, 15) is 4.79 Å². The Morgan fingerprint density at radius 3 is 2.34 bits per heavy atom. The summed E-state index contributed by atoms with van der Waals surface area (Å²) in [7, 11) is 0. The van der Waals surface area contributed by atoms with Crippen molar-refractivity contribution in [3.05, 3.63) is 95.0 Å². The zero-order valence-electron chi connectivity index (χ0n) is 17.7. The van der Waals surface area contributed by atoms with E-state index in [1.54, 1.807) is 6.92 Å². The van der Waals surface area contributed by atoms with Gasteiger partial charge in [0, 0.05) is 23.1 Å². The molecular weight excluding hydrogens is 440 g/mol. The quantitative estimate of drug-likeness (QED) is 0.462. The molecule has 1 spiro atoms. The Balaban J connectivity index is 1.83. The molecule has 0 aliphatic carbocycles. The summed E-state index contributed by atoms with van der Waals surface area (Å²) in [6.07, 6.45) is 0.776. The Bertz CT molecular complexity index is 1260. The number of nitrogens with zero attached hydrogens (tertiary/aromatic N) is 4. The molecule has 5 nitrogen and oxygen atoms in total. The molecule has 3 aromatic carbocycles. The van der Waals surface area contributed by atoms with Crippen LogP contribution < -0.4 is 10.0 Å². The van der Waals surface area contributed by atoms with Gasteiger partial charge >= 0.3 is 0 Å². The third kappa shape index (κ3) is 3.22.